The molecule has 5 nitrogen and oxygen atoms in total. The number of amides is 1. The van der Waals surface area contributed by atoms with Crippen molar-refractivity contribution in [3.05, 3.63) is 40.6 Å². The van der Waals surface area contributed by atoms with E-state index < -0.39 is 0 Å². The van der Waals surface area contributed by atoms with Crippen LogP contribution in [0.15, 0.2) is 34.9 Å². The van der Waals surface area contributed by atoms with Crippen molar-refractivity contribution < 1.29 is 4.79 Å². The van der Waals surface area contributed by atoms with Crippen LogP contribution >= 0.6 is 15.9 Å². The summed E-state index contributed by atoms with van der Waals surface area (Å²) in [4.78, 5) is 14.3. The highest BCUT2D eigenvalue weighted by Gasteiger charge is 2.23. The summed E-state index contributed by atoms with van der Waals surface area (Å²) >= 11 is 3.40. The molecule has 1 aliphatic rings. The summed E-state index contributed by atoms with van der Waals surface area (Å²) < 4.78 is 2.64. The summed E-state index contributed by atoms with van der Waals surface area (Å²) in [6, 6.07) is 7.72. The van der Waals surface area contributed by atoms with E-state index in [1.807, 2.05) is 29.2 Å². The molecule has 0 aliphatic carbocycles. The maximum atomic E-state index is 12.4. The van der Waals surface area contributed by atoms with Gasteiger partial charge in [-0.1, -0.05) is 28.1 Å². The smallest absolute Gasteiger partial charge is 0.276 e. The molecule has 2 aromatic rings. The maximum Gasteiger partial charge on any atom is 0.276 e. The Bertz CT molecular complexity index is 629. The fourth-order valence-electron chi connectivity index (χ4n) is 2.46. The van der Waals surface area contributed by atoms with E-state index in [4.69, 9.17) is 0 Å². The monoisotopic (exact) mass is 348 g/mol. The number of carbonyl (C=O) groups excluding carboxylic acids is 1. The molecule has 110 valence electrons. The normalized spacial score (nSPS) is 16.2. The third-order valence-electron chi connectivity index (χ3n) is 3.87. The number of aromatic nitrogens is 3. The lowest BCUT2D eigenvalue weighted by Crippen LogP contribution is -2.38. The summed E-state index contributed by atoms with van der Waals surface area (Å²) in [7, 11) is 0. The van der Waals surface area contributed by atoms with Gasteiger partial charge in [-0.05, 0) is 43.0 Å². The lowest BCUT2D eigenvalue weighted by Gasteiger charge is -2.29. The highest BCUT2D eigenvalue weighted by atomic mass is 79.9. The summed E-state index contributed by atoms with van der Waals surface area (Å²) in [6.45, 7) is 3.85. The van der Waals surface area contributed by atoms with Crippen LogP contribution in [-0.2, 0) is 0 Å². The Kier molecular flexibility index (Phi) is 4.05. The van der Waals surface area contributed by atoms with Crippen LogP contribution in [0.5, 0.6) is 0 Å². The van der Waals surface area contributed by atoms with Gasteiger partial charge in [0.25, 0.3) is 5.91 Å². The van der Waals surface area contributed by atoms with Gasteiger partial charge in [0.15, 0.2) is 5.69 Å². The van der Waals surface area contributed by atoms with Gasteiger partial charge >= 0.3 is 0 Å². The zero-order chi connectivity index (χ0) is 14.8. The first-order valence-electron chi connectivity index (χ1n) is 7.11. The van der Waals surface area contributed by atoms with Crippen molar-refractivity contribution in [3.63, 3.8) is 0 Å². The Morgan fingerprint density at radius 1 is 1.24 bits per heavy atom. The molecule has 3 rings (SSSR count). The number of hydrogen-bond acceptors (Lipinski definition) is 3. The van der Waals surface area contributed by atoms with Crippen molar-refractivity contribution in [3.8, 4) is 5.69 Å². The second-order valence-electron chi connectivity index (χ2n) is 5.50. The fourth-order valence-corrected chi connectivity index (χ4v) is 2.72. The third-order valence-corrected chi connectivity index (χ3v) is 4.40. The summed E-state index contributed by atoms with van der Waals surface area (Å²) in [5.41, 5.74) is 1.30. The van der Waals surface area contributed by atoms with Crippen LogP contribution in [0.4, 0.5) is 0 Å². The van der Waals surface area contributed by atoms with Gasteiger partial charge in [-0.3, -0.25) is 4.79 Å². The zero-order valence-electron chi connectivity index (χ0n) is 11.9. The van der Waals surface area contributed by atoms with E-state index in [1.54, 1.807) is 10.9 Å². The predicted molar refractivity (Wildman–Crippen MR) is 83.4 cm³/mol. The van der Waals surface area contributed by atoms with Crippen molar-refractivity contribution in [1.29, 1.82) is 0 Å². The van der Waals surface area contributed by atoms with Crippen LogP contribution in [0, 0.1) is 5.92 Å². The topological polar surface area (TPSA) is 51.0 Å². The molecule has 1 aromatic heterocycles. The van der Waals surface area contributed by atoms with Gasteiger partial charge in [-0.15, -0.1) is 5.10 Å². The van der Waals surface area contributed by atoms with Crippen LogP contribution in [0.1, 0.15) is 30.3 Å². The standard InChI is InChI=1S/C15H17BrN4O/c1-11-6-8-19(9-7-11)15(21)14-10-20(18-17-14)13-4-2-12(16)3-5-13/h2-5,10-11H,6-9H2,1H3. The van der Waals surface area contributed by atoms with Crippen molar-refractivity contribution >= 4 is 21.8 Å². The lowest BCUT2D eigenvalue weighted by molar-refractivity contribution is 0.0691. The Labute approximate surface area is 132 Å². The molecule has 0 N–H and O–H groups in total. The van der Waals surface area contributed by atoms with E-state index in [9.17, 15) is 4.79 Å². The first-order valence-corrected chi connectivity index (χ1v) is 7.90. The van der Waals surface area contributed by atoms with Crippen LogP contribution in [0.2, 0.25) is 0 Å². The number of hydrogen-bond donors (Lipinski definition) is 0. The average Bonchev–Trinajstić information content (AvgIpc) is 2.98. The highest BCUT2D eigenvalue weighted by Crippen LogP contribution is 2.18. The molecule has 2 heterocycles. The molecule has 1 saturated heterocycles. The van der Waals surface area contributed by atoms with Crippen LogP contribution < -0.4 is 0 Å². The van der Waals surface area contributed by atoms with Crippen LogP contribution in [-0.4, -0.2) is 38.9 Å². The Morgan fingerprint density at radius 2 is 1.90 bits per heavy atom. The number of nitrogens with zero attached hydrogens (tertiary/aromatic N) is 4. The highest BCUT2D eigenvalue weighted by molar-refractivity contribution is 9.10. The molecular formula is C15H17BrN4O. The number of piperidine rings is 1. The molecule has 0 bridgehead atoms. The molecule has 0 saturated carbocycles. The molecule has 21 heavy (non-hydrogen) atoms. The Balaban J connectivity index is 1.75. The molecular weight excluding hydrogens is 332 g/mol. The minimum Gasteiger partial charge on any atom is -0.337 e. The molecule has 0 unspecified atom stereocenters. The SMILES string of the molecule is CC1CCN(C(=O)c2cn(-c3ccc(Br)cc3)nn2)CC1. The summed E-state index contributed by atoms with van der Waals surface area (Å²) in [6.07, 6.45) is 3.82. The number of rotatable bonds is 2. The van der Waals surface area contributed by atoms with Crippen molar-refractivity contribution in [2.45, 2.75) is 19.8 Å². The van der Waals surface area contributed by atoms with Gasteiger partial charge in [-0.25, -0.2) is 4.68 Å². The Hall–Kier alpha value is -1.69. The number of carbonyl (C=O) groups is 1. The van der Waals surface area contributed by atoms with Gasteiger partial charge in [0.1, 0.15) is 0 Å². The van der Waals surface area contributed by atoms with E-state index in [0.717, 1.165) is 36.1 Å². The predicted octanol–water partition coefficient (Wildman–Crippen LogP) is 2.90. The number of likely N-dealkylation sites (tertiary alicyclic amines) is 1. The van der Waals surface area contributed by atoms with Crippen LogP contribution in [0.3, 0.4) is 0 Å². The molecule has 1 fully saturated rings. The van der Waals surface area contributed by atoms with Gasteiger partial charge in [-0.2, -0.15) is 0 Å². The van der Waals surface area contributed by atoms with E-state index >= 15 is 0 Å². The van der Waals surface area contributed by atoms with Crippen LogP contribution in [0.25, 0.3) is 5.69 Å². The molecule has 6 heteroatoms. The van der Waals surface area contributed by atoms with Gasteiger partial charge < -0.3 is 4.90 Å². The minimum absolute atomic E-state index is 0.0229. The van der Waals surface area contributed by atoms with E-state index in [2.05, 4.69) is 33.2 Å². The molecule has 0 spiro atoms. The molecule has 1 aliphatic heterocycles. The summed E-state index contributed by atoms with van der Waals surface area (Å²) in [5, 5.41) is 8.07. The summed E-state index contributed by atoms with van der Waals surface area (Å²) in [5.74, 6) is 0.678. The van der Waals surface area contributed by atoms with E-state index in [-0.39, 0.29) is 5.91 Å². The average molecular weight is 349 g/mol. The number of halogens is 1. The minimum atomic E-state index is -0.0229. The molecule has 1 amide bonds. The Morgan fingerprint density at radius 3 is 2.57 bits per heavy atom. The lowest BCUT2D eigenvalue weighted by atomic mass is 9.99. The van der Waals surface area contributed by atoms with Gasteiger partial charge in [0.2, 0.25) is 0 Å². The zero-order valence-corrected chi connectivity index (χ0v) is 13.5. The first kappa shape index (κ1) is 14.3. The molecule has 1 aromatic carbocycles. The van der Waals surface area contributed by atoms with Crippen molar-refractivity contribution in [2.75, 3.05) is 13.1 Å². The maximum absolute atomic E-state index is 12.4. The largest absolute Gasteiger partial charge is 0.337 e. The van der Waals surface area contributed by atoms with Crippen molar-refractivity contribution in [1.82, 2.24) is 19.9 Å². The third kappa shape index (κ3) is 3.15. The second-order valence-corrected chi connectivity index (χ2v) is 6.42. The van der Waals surface area contributed by atoms with E-state index in [1.165, 1.54) is 0 Å². The van der Waals surface area contributed by atoms with Gasteiger partial charge in [0, 0.05) is 17.6 Å². The number of benzene rings is 1. The second kappa shape index (κ2) is 5.97. The quantitative estimate of drug-likeness (QED) is 0.838. The molecule has 0 radical (unpaired) electrons. The van der Waals surface area contributed by atoms with E-state index in [0.29, 0.717) is 11.6 Å². The van der Waals surface area contributed by atoms with Crippen molar-refractivity contribution in [2.24, 2.45) is 5.92 Å². The molecule has 0 atom stereocenters. The van der Waals surface area contributed by atoms with Gasteiger partial charge in [0.05, 0.1) is 11.9 Å². The fraction of sp³-hybridized carbons (Fsp3) is 0.400. The first-order chi connectivity index (χ1) is 10.1.